The Kier molecular flexibility index (Phi) is 6.44. The Bertz CT molecular complexity index is 697. The summed E-state index contributed by atoms with van der Waals surface area (Å²) in [4.78, 5) is 33.9. The summed E-state index contributed by atoms with van der Waals surface area (Å²) in [6.45, 7) is -0.396. The first-order valence-corrected chi connectivity index (χ1v) is 9.99. The highest BCUT2D eigenvalue weighted by atomic mass is 32.2. The zero-order valence-corrected chi connectivity index (χ0v) is 15.6. The molecule has 2 aliphatic rings. The average molecular weight is 393 g/mol. The second-order valence-electron chi connectivity index (χ2n) is 6.62. The van der Waals surface area contributed by atoms with Crippen molar-refractivity contribution in [1.82, 2.24) is 10.6 Å². The molecule has 0 aromatic heterocycles. The SMILES string of the molecule is O=C(O)COc1ccc(NC(=O)CCCC[C@@H]2SC[C@@H]3NC(=O)N[C@@H]32)cc1. The van der Waals surface area contributed by atoms with Gasteiger partial charge in [-0.1, -0.05) is 6.42 Å². The second kappa shape index (κ2) is 8.98. The van der Waals surface area contributed by atoms with Crippen molar-refractivity contribution < 1.29 is 24.2 Å². The molecule has 4 N–H and O–H groups in total. The molecule has 0 bridgehead atoms. The van der Waals surface area contributed by atoms with Gasteiger partial charge in [0.25, 0.3) is 0 Å². The van der Waals surface area contributed by atoms with E-state index in [-0.39, 0.29) is 24.0 Å². The van der Waals surface area contributed by atoms with E-state index < -0.39 is 12.6 Å². The number of carboxylic acids is 1. The van der Waals surface area contributed by atoms with Crippen molar-refractivity contribution in [3.8, 4) is 5.75 Å². The van der Waals surface area contributed by atoms with Gasteiger partial charge in [0.2, 0.25) is 5.91 Å². The molecule has 146 valence electrons. The molecule has 27 heavy (non-hydrogen) atoms. The molecule has 3 atom stereocenters. The molecule has 2 saturated heterocycles. The van der Waals surface area contributed by atoms with Gasteiger partial charge in [-0.25, -0.2) is 9.59 Å². The highest BCUT2D eigenvalue weighted by Gasteiger charge is 2.42. The number of anilines is 1. The van der Waals surface area contributed by atoms with Gasteiger partial charge < -0.3 is 25.8 Å². The molecule has 0 unspecified atom stereocenters. The first-order chi connectivity index (χ1) is 13.0. The molecule has 3 rings (SSSR count). The number of hydrogen-bond donors (Lipinski definition) is 4. The number of urea groups is 1. The van der Waals surface area contributed by atoms with Crippen LogP contribution in [0.4, 0.5) is 10.5 Å². The van der Waals surface area contributed by atoms with Gasteiger partial charge in [0.05, 0.1) is 12.1 Å². The number of carbonyl (C=O) groups excluding carboxylic acids is 2. The van der Waals surface area contributed by atoms with Crippen LogP contribution in [0.15, 0.2) is 24.3 Å². The van der Waals surface area contributed by atoms with E-state index in [1.165, 1.54) is 0 Å². The van der Waals surface area contributed by atoms with Crippen LogP contribution in [-0.4, -0.2) is 52.7 Å². The maximum absolute atomic E-state index is 12.0. The number of carbonyl (C=O) groups is 3. The van der Waals surface area contributed by atoms with Crippen LogP contribution in [0.2, 0.25) is 0 Å². The second-order valence-corrected chi connectivity index (χ2v) is 7.89. The zero-order valence-electron chi connectivity index (χ0n) is 14.8. The fraction of sp³-hybridized carbons (Fsp3) is 0.500. The number of benzene rings is 1. The highest BCUT2D eigenvalue weighted by Crippen LogP contribution is 2.33. The van der Waals surface area contributed by atoms with Crippen LogP contribution in [-0.2, 0) is 9.59 Å². The largest absolute Gasteiger partial charge is 0.482 e. The third-order valence-electron chi connectivity index (χ3n) is 4.58. The van der Waals surface area contributed by atoms with E-state index >= 15 is 0 Å². The van der Waals surface area contributed by atoms with Crippen LogP contribution in [0.3, 0.4) is 0 Å². The summed E-state index contributed by atoms with van der Waals surface area (Å²) in [6, 6.07) is 6.97. The minimum absolute atomic E-state index is 0.0537. The predicted octanol–water partition coefficient (Wildman–Crippen LogP) is 1.81. The molecule has 2 aliphatic heterocycles. The van der Waals surface area contributed by atoms with Gasteiger partial charge in [0.15, 0.2) is 6.61 Å². The van der Waals surface area contributed by atoms with Crippen molar-refractivity contribution in [3.63, 3.8) is 0 Å². The molecule has 0 spiro atoms. The molecular formula is C18H23N3O5S. The Morgan fingerprint density at radius 3 is 2.74 bits per heavy atom. The summed E-state index contributed by atoms with van der Waals surface area (Å²) in [5.74, 6) is 0.296. The molecule has 3 amide bonds. The molecule has 0 aliphatic carbocycles. The fourth-order valence-electron chi connectivity index (χ4n) is 3.28. The standard InChI is InChI=1S/C18H23N3O5S/c22-15(19-11-5-7-12(8-6-11)26-9-16(23)24)4-2-1-3-14-17-13(10-27-14)20-18(25)21-17/h5-8,13-14,17H,1-4,9-10H2,(H,19,22)(H,23,24)(H2,20,21,25)/t13-,14-,17-/m0/s1. The number of aliphatic carboxylic acids is 1. The fourth-order valence-corrected chi connectivity index (χ4v) is 4.82. The Balaban J connectivity index is 1.33. The van der Waals surface area contributed by atoms with E-state index in [4.69, 9.17) is 9.84 Å². The molecular weight excluding hydrogens is 370 g/mol. The van der Waals surface area contributed by atoms with Crippen molar-refractivity contribution in [3.05, 3.63) is 24.3 Å². The van der Waals surface area contributed by atoms with Crippen LogP contribution in [0.5, 0.6) is 5.75 Å². The number of rotatable bonds is 9. The van der Waals surface area contributed by atoms with E-state index in [0.29, 0.717) is 23.1 Å². The van der Waals surface area contributed by atoms with Gasteiger partial charge in [0.1, 0.15) is 5.75 Å². The van der Waals surface area contributed by atoms with E-state index in [2.05, 4.69) is 16.0 Å². The Morgan fingerprint density at radius 1 is 1.22 bits per heavy atom. The molecule has 1 aromatic rings. The Hall–Kier alpha value is -2.42. The lowest BCUT2D eigenvalue weighted by molar-refractivity contribution is -0.139. The van der Waals surface area contributed by atoms with Crippen LogP contribution >= 0.6 is 11.8 Å². The third kappa shape index (κ3) is 5.53. The van der Waals surface area contributed by atoms with E-state index in [0.717, 1.165) is 25.0 Å². The number of hydrogen-bond acceptors (Lipinski definition) is 5. The lowest BCUT2D eigenvalue weighted by Crippen LogP contribution is -2.36. The third-order valence-corrected chi connectivity index (χ3v) is 6.09. The van der Waals surface area contributed by atoms with Crippen molar-refractivity contribution in [2.24, 2.45) is 0 Å². The number of unbranched alkanes of at least 4 members (excludes halogenated alkanes) is 1. The van der Waals surface area contributed by atoms with E-state index in [1.807, 2.05) is 11.8 Å². The van der Waals surface area contributed by atoms with Crippen molar-refractivity contribution >= 4 is 35.4 Å². The first kappa shape index (κ1) is 19.3. The minimum atomic E-state index is -1.04. The van der Waals surface area contributed by atoms with Crippen molar-refractivity contribution in [2.75, 3.05) is 17.7 Å². The topological polar surface area (TPSA) is 117 Å². The summed E-state index contributed by atoms with van der Waals surface area (Å²) in [6.07, 6.45) is 3.15. The number of thioether (sulfide) groups is 1. The highest BCUT2D eigenvalue weighted by molar-refractivity contribution is 8.00. The van der Waals surface area contributed by atoms with Gasteiger partial charge in [-0.2, -0.15) is 11.8 Å². The monoisotopic (exact) mass is 393 g/mol. The summed E-state index contributed by atoms with van der Waals surface area (Å²) in [5.41, 5.74) is 0.650. The number of carboxylic acid groups (broad SMARTS) is 1. The summed E-state index contributed by atoms with van der Waals surface area (Å²) in [7, 11) is 0. The summed E-state index contributed by atoms with van der Waals surface area (Å²) < 4.78 is 5.05. The summed E-state index contributed by atoms with van der Waals surface area (Å²) >= 11 is 1.88. The zero-order chi connectivity index (χ0) is 19.2. The summed E-state index contributed by atoms with van der Waals surface area (Å²) in [5, 5.41) is 17.7. The maximum atomic E-state index is 12.0. The minimum Gasteiger partial charge on any atom is -0.482 e. The lowest BCUT2D eigenvalue weighted by atomic mass is 10.0. The van der Waals surface area contributed by atoms with Crippen LogP contribution in [0.25, 0.3) is 0 Å². The normalized spacial score (nSPS) is 23.3. The number of fused-ring (bicyclic) bond motifs is 1. The first-order valence-electron chi connectivity index (χ1n) is 8.94. The molecule has 0 radical (unpaired) electrons. The molecule has 9 heteroatoms. The number of amides is 3. The lowest BCUT2D eigenvalue weighted by Gasteiger charge is -2.16. The number of nitrogens with one attached hydrogen (secondary N) is 3. The smallest absolute Gasteiger partial charge is 0.341 e. The quantitative estimate of drug-likeness (QED) is 0.376. The molecule has 2 fully saturated rings. The van der Waals surface area contributed by atoms with E-state index in [9.17, 15) is 14.4 Å². The van der Waals surface area contributed by atoms with Gasteiger partial charge in [-0.15, -0.1) is 0 Å². The Labute approximate surface area is 161 Å². The van der Waals surface area contributed by atoms with Gasteiger partial charge in [0, 0.05) is 23.1 Å². The van der Waals surface area contributed by atoms with Gasteiger partial charge >= 0.3 is 12.0 Å². The van der Waals surface area contributed by atoms with E-state index in [1.54, 1.807) is 24.3 Å². The average Bonchev–Trinajstić information content (AvgIpc) is 3.17. The van der Waals surface area contributed by atoms with Crippen LogP contribution in [0.1, 0.15) is 25.7 Å². The van der Waals surface area contributed by atoms with Crippen LogP contribution < -0.4 is 20.7 Å². The van der Waals surface area contributed by atoms with Crippen molar-refractivity contribution in [1.29, 1.82) is 0 Å². The predicted molar refractivity (Wildman–Crippen MR) is 102 cm³/mol. The molecule has 0 saturated carbocycles. The maximum Gasteiger partial charge on any atom is 0.341 e. The molecule has 1 aromatic carbocycles. The molecule has 8 nitrogen and oxygen atoms in total. The number of ether oxygens (including phenoxy) is 1. The Morgan fingerprint density at radius 2 is 2.00 bits per heavy atom. The molecule has 2 heterocycles. The van der Waals surface area contributed by atoms with Gasteiger partial charge in [-0.3, -0.25) is 4.79 Å². The van der Waals surface area contributed by atoms with Crippen LogP contribution in [0, 0.1) is 0 Å². The van der Waals surface area contributed by atoms with Gasteiger partial charge in [-0.05, 0) is 37.1 Å². The van der Waals surface area contributed by atoms with Crippen molar-refractivity contribution in [2.45, 2.75) is 43.0 Å².